The molecule has 0 radical (unpaired) electrons. The van der Waals surface area contributed by atoms with Crippen molar-refractivity contribution in [3.8, 4) is 5.75 Å². The topological polar surface area (TPSA) is 44.8 Å². The Kier molecular flexibility index (Phi) is 5.91. The predicted octanol–water partition coefficient (Wildman–Crippen LogP) is 3.12. The molecule has 1 amide bonds. The van der Waals surface area contributed by atoms with E-state index >= 15 is 0 Å². The van der Waals surface area contributed by atoms with Crippen molar-refractivity contribution in [2.75, 3.05) is 43.5 Å². The first-order valence-electron chi connectivity index (χ1n) is 8.87. The summed E-state index contributed by atoms with van der Waals surface area (Å²) in [5, 5.41) is 2.65. The van der Waals surface area contributed by atoms with Crippen molar-refractivity contribution < 1.29 is 18.3 Å². The largest absolute Gasteiger partial charge is 0.497 e. The molecule has 1 heterocycles. The fourth-order valence-corrected chi connectivity index (χ4v) is 3.15. The van der Waals surface area contributed by atoms with E-state index in [-0.39, 0.29) is 17.6 Å². The number of nitrogens with zero attached hydrogens (tertiary/aromatic N) is 2. The summed E-state index contributed by atoms with van der Waals surface area (Å²) in [6.07, 6.45) is 0. The van der Waals surface area contributed by atoms with Gasteiger partial charge in [-0.2, -0.15) is 0 Å². The second-order valence-electron chi connectivity index (χ2n) is 6.52. The SMILES string of the molecule is COc1ccc(N2CCN([C@@H](C)C(=O)Nc3ccc(F)c(F)c3)CC2)cc1. The molecular formula is C20H23F2N3O2. The summed E-state index contributed by atoms with van der Waals surface area (Å²) in [5.41, 5.74) is 1.37. The number of amides is 1. The number of hydrogen-bond acceptors (Lipinski definition) is 4. The molecule has 1 fully saturated rings. The molecule has 1 aliphatic rings. The van der Waals surface area contributed by atoms with E-state index in [2.05, 4.69) is 15.1 Å². The van der Waals surface area contributed by atoms with E-state index in [9.17, 15) is 13.6 Å². The number of carbonyl (C=O) groups is 1. The van der Waals surface area contributed by atoms with Crippen LogP contribution in [0.4, 0.5) is 20.2 Å². The van der Waals surface area contributed by atoms with E-state index < -0.39 is 11.6 Å². The van der Waals surface area contributed by atoms with E-state index in [0.717, 1.165) is 49.7 Å². The normalized spacial score (nSPS) is 16.1. The Balaban J connectivity index is 1.54. The van der Waals surface area contributed by atoms with Crippen molar-refractivity contribution in [1.82, 2.24) is 4.90 Å². The molecule has 0 unspecified atom stereocenters. The summed E-state index contributed by atoms with van der Waals surface area (Å²) in [4.78, 5) is 16.8. The maximum absolute atomic E-state index is 13.3. The monoisotopic (exact) mass is 375 g/mol. The Morgan fingerprint density at radius 2 is 1.70 bits per heavy atom. The van der Waals surface area contributed by atoms with Gasteiger partial charge in [-0.1, -0.05) is 0 Å². The summed E-state index contributed by atoms with van der Waals surface area (Å²) in [7, 11) is 1.64. The predicted molar refractivity (Wildman–Crippen MR) is 101 cm³/mol. The minimum absolute atomic E-state index is 0.237. The summed E-state index contributed by atoms with van der Waals surface area (Å²) < 4.78 is 31.5. The smallest absolute Gasteiger partial charge is 0.241 e. The highest BCUT2D eigenvalue weighted by Gasteiger charge is 2.26. The Hall–Kier alpha value is -2.67. The lowest BCUT2D eigenvalue weighted by Crippen LogP contribution is -2.52. The Morgan fingerprint density at radius 3 is 2.30 bits per heavy atom. The number of carbonyl (C=O) groups excluding carboxylic acids is 1. The van der Waals surface area contributed by atoms with E-state index in [1.54, 1.807) is 7.11 Å². The van der Waals surface area contributed by atoms with Gasteiger partial charge in [-0.05, 0) is 43.3 Å². The number of halogens is 2. The quantitative estimate of drug-likeness (QED) is 0.872. The molecule has 0 aliphatic carbocycles. The van der Waals surface area contributed by atoms with Crippen molar-refractivity contribution in [1.29, 1.82) is 0 Å². The zero-order chi connectivity index (χ0) is 19.4. The van der Waals surface area contributed by atoms with Crippen LogP contribution in [-0.4, -0.2) is 50.1 Å². The van der Waals surface area contributed by atoms with Crippen molar-refractivity contribution in [2.45, 2.75) is 13.0 Å². The summed E-state index contributed by atoms with van der Waals surface area (Å²) in [5.74, 6) is -1.33. The molecule has 1 N–H and O–H groups in total. The minimum atomic E-state index is -0.978. The van der Waals surface area contributed by atoms with Crippen LogP contribution in [0.3, 0.4) is 0 Å². The zero-order valence-electron chi connectivity index (χ0n) is 15.4. The highest BCUT2D eigenvalue weighted by molar-refractivity contribution is 5.94. The Labute approximate surface area is 157 Å². The Bertz CT molecular complexity index is 790. The maximum Gasteiger partial charge on any atom is 0.241 e. The van der Waals surface area contributed by atoms with Gasteiger partial charge >= 0.3 is 0 Å². The molecule has 1 atom stereocenters. The lowest BCUT2D eigenvalue weighted by molar-refractivity contribution is -0.120. The third-order valence-corrected chi connectivity index (χ3v) is 4.87. The first-order valence-corrected chi connectivity index (χ1v) is 8.87. The first kappa shape index (κ1) is 19.1. The van der Waals surface area contributed by atoms with Gasteiger partial charge in [0.05, 0.1) is 13.2 Å². The number of piperazine rings is 1. The number of rotatable bonds is 5. The standard InChI is InChI=1S/C20H23F2N3O2/c1-14(20(26)23-15-3-8-18(21)19(22)13-15)24-9-11-25(12-10-24)16-4-6-17(27-2)7-5-16/h3-8,13-14H,9-12H2,1-2H3,(H,23,26)/t14-/m0/s1. The van der Waals surface area contributed by atoms with Crippen LogP contribution in [0.2, 0.25) is 0 Å². The molecule has 0 saturated carbocycles. The number of benzene rings is 2. The van der Waals surface area contributed by atoms with Crippen molar-refractivity contribution in [2.24, 2.45) is 0 Å². The number of hydrogen-bond donors (Lipinski definition) is 1. The van der Waals surface area contributed by atoms with Crippen molar-refractivity contribution in [3.05, 3.63) is 54.1 Å². The van der Waals surface area contributed by atoms with Crippen LogP contribution in [0, 0.1) is 11.6 Å². The zero-order valence-corrected chi connectivity index (χ0v) is 15.4. The fourth-order valence-electron chi connectivity index (χ4n) is 3.15. The highest BCUT2D eigenvalue weighted by atomic mass is 19.2. The summed E-state index contributed by atoms with van der Waals surface area (Å²) in [6.45, 7) is 4.89. The van der Waals surface area contributed by atoms with Crippen LogP contribution in [0.5, 0.6) is 5.75 Å². The molecule has 144 valence electrons. The summed E-state index contributed by atoms with van der Waals surface area (Å²) in [6, 6.07) is 10.9. The van der Waals surface area contributed by atoms with Crippen LogP contribution in [0.1, 0.15) is 6.92 Å². The molecule has 1 aliphatic heterocycles. The highest BCUT2D eigenvalue weighted by Crippen LogP contribution is 2.21. The van der Waals surface area contributed by atoms with Crippen molar-refractivity contribution >= 4 is 17.3 Å². The van der Waals surface area contributed by atoms with Gasteiger partial charge in [0.25, 0.3) is 0 Å². The molecule has 2 aromatic carbocycles. The molecular weight excluding hydrogens is 352 g/mol. The average Bonchev–Trinajstić information content (AvgIpc) is 2.70. The van der Waals surface area contributed by atoms with Gasteiger partial charge in [0.2, 0.25) is 5.91 Å². The van der Waals surface area contributed by atoms with E-state index in [1.165, 1.54) is 6.07 Å². The second-order valence-corrected chi connectivity index (χ2v) is 6.52. The molecule has 0 spiro atoms. The van der Waals surface area contributed by atoms with Gasteiger partial charge in [-0.15, -0.1) is 0 Å². The molecule has 2 aromatic rings. The van der Waals surface area contributed by atoms with Gasteiger partial charge < -0.3 is 15.0 Å². The van der Waals surface area contributed by atoms with Crippen LogP contribution in [0.25, 0.3) is 0 Å². The van der Waals surface area contributed by atoms with Gasteiger partial charge in [0.15, 0.2) is 11.6 Å². The van der Waals surface area contributed by atoms with E-state index in [0.29, 0.717) is 0 Å². The first-order chi connectivity index (χ1) is 13.0. The molecule has 1 saturated heterocycles. The molecule has 0 bridgehead atoms. The number of nitrogens with one attached hydrogen (secondary N) is 1. The van der Waals surface area contributed by atoms with E-state index in [4.69, 9.17) is 4.74 Å². The van der Waals surface area contributed by atoms with Gasteiger partial charge in [-0.25, -0.2) is 8.78 Å². The fraction of sp³-hybridized carbons (Fsp3) is 0.350. The lowest BCUT2D eigenvalue weighted by atomic mass is 10.2. The van der Waals surface area contributed by atoms with Crippen LogP contribution in [-0.2, 0) is 4.79 Å². The van der Waals surface area contributed by atoms with E-state index in [1.807, 2.05) is 31.2 Å². The summed E-state index contributed by atoms with van der Waals surface area (Å²) >= 11 is 0. The molecule has 0 aromatic heterocycles. The molecule has 27 heavy (non-hydrogen) atoms. The number of methoxy groups -OCH3 is 1. The molecule has 7 heteroatoms. The third-order valence-electron chi connectivity index (χ3n) is 4.87. The van der Waals surface area contributed by atoms with Crippen LogP contribution in [0.15, 0.2) is 42.5 Å². The molecule has 3 rings (SSSR count). The maximum atomic E-state index is 13.3. The van der Waals surface area contributed by atoms with Crippen LogP contribution < -0.4 is 15.0 Å². The minimum Gasteiger partial charge on any atom is -0.497 e. The second kappa shape index (κ2) is 8.35. The average molecular weight is 375 g/mol. The van der Waals surface area contributed by atoms with Crippen molar-refractivity contribution in [3.63, 3.8) is 0 Å². The van der Waals surface area contributed by atoms with Gasteiger partial charge in [0.1, 0.15) is 5.75 Å². The number of anilines is 2. The third kappa shape index (κ3) is 4.54. The lowest BCUT2D eigenvalue weighted by Gasteiger charge is -2.38. The van der Waals surface area contributed by atoms with Gasteiger partial charge in [-0.3, -0.25) is 9.69 Å². The van der Waals surface area contributed by atoms with Crippen LogP contribution >= 0.6 is 0 Å². The van der Waals surface area contributed by atoms with Gasteiger partial charge in [0, 0.05) is 43.6 Å². The Morgan fingerprint density at radius 1 is 1.04 bits per heavy atom. The number of ether oxygens (including phenoxy) is 1. The molecule has 5 nitrogen and oxygen atoms in total.